The molecule has 1 aliphatic rings. The van der Waals surface area contributed by atoms with Gasteiger partial charge in [0.2, 0.25) is 5.91 Å². The van der Waals surface area contributed by atoms with E-state index in [1.54, 1.807) is 12.0 Å². The van der Waals surface area contributed by atoms with Crippen molar-refractivity contribution in [1.82, 2.24) is 10.2 Å². The van der Waals surface area contributed by atoms with Gasteiger partial charge in [-0.25, -0.2) is 4.79 Å². The Morgan fingerprint density at radius 2 is 2.09 bits per heavy atom. The fourth-order valence-corrected chi connectivity index (χ4v) is 2.86. The molecule has 0 aliphatic carbocycles. The van der Waals surface area contributed by atoms with E-state index in [0.29, 0.717) is 26.1 Å². The van der Waals surface area contributed by atoms with Crippen molar-refractivity contribution in [3.63, 3.8) is 0 Å². The van der Waals surface area contributed by atoms with Crippen LogP contribution in [0.1, 0.15) is 18.4 Å². The molecule has 126 valence electrons. The number of carbonyl (C=O) groups is 2. The van der Waals surface area contributed by atoms with Gasteiger partial charge in [-0.3, -0.25) is 4.79 Å². The Morgan fingerprint density at radius 3 is 2.83 bits per heavy atom. The first-order valence-electron chi connectivity index (χ1n) is 7.88. The molecular weight excluding hydrogens is 296 g/mol. The molecule has 1 aromatic carbocycles. The zero-order valence-corrected chi connectivity index (χ0v) is 13.7. The van der Waals surface area contributed by atoms with E-state index in [1.807, 2.05) is 24.3 Å². The van der Waals surface area contributed by atoms with E-state index in [9.17, 15) is 9.59 Å². The van der Waals surface area contributed by atoms with E-state index >= 15 is 0 Å². The first-order valence-corrected chi connectivity index (χ1v) is 7.88. The molecule has 6 heteroatoms. The van der Waals surface area contributed by atoms with Crippen molar-refractivity contribution in [2.24, 2.45) is 5.92 Å². The van der Waals surface area contributed by atoms with Crippen molar-refractivity contribution in [2.45, 2.75) is 19.3 Å². The third kappa shape index (κ3) is 4.61. The lowest BCUT2D eigenvalue weighted by Gasteiger charge is -2.30. The average molecular weight is 320 g/mol. The van der Waals surface area contributed by atoms with Crippen molar-refractivity contribution in [1.29, 1.82) is 0 Å². The van der Waals surface area contributed by atoms with E-state index in [2.05, 4.69) is 5.32 Å². The zero-order chi connectivity index (χ0) is 16.7. The standard InChI is InChI=1S/C17H24N2O4/c1-22-15-8-4-3-6-13(15)9-10-18-16(20)14-7-5-11-19(12-14)17(21)23-2/h3-4,6,8,14H,5,7,9-12H2,1-2H3,(H,18,20). The van der Waals surface area contributed by atoms with Crippen molar-refractivity contribution in [2.75, 3.05) is 33.9 Å². The number of hydrogen-bond donors (Lipinski definition) is 1. The fraction of sp³-hybridized carbons (Fsp3) is 0.529. The summed E-state index contributed by atoms with van der Waals surface area (Å²) in [5.74, 6) is 0.658. The molecular formula is C17H24N2O4. The lowest BCUT2D eigenvalue weighted by Crippen LogP contribution is -2.45. The molecule has 0 spiro atoms. The van der Waals surface area contributed by atoms with Crippen LogP contribution in [0.3, 0.4) is 0 Å². The molecule has 1 N–H and O–H groups in total. The Hall–Kier alpha value is -2.24. The van der Waals surface area contributed by atoms with Gasteiger partial charge in [-0.15, -0.1) is 0 Å². The SMILES string of the molecule is COC(=O)N1CCCC(C(=O)NCCc2ccccc2OC)C1. The molecule has 1 atom stereocenters. The van der Waals surface area contributed by atoms with E-state index in [-0.39, 0.29) is 17.9 Å². The Morgan fingerprint density at radius 1 is 1.30 bits per heavy atom. The van der Waals surface area contributed by atoms with E-state index in [1.165, 1.54) is 7.11 Å². The first kappa shape index (κ1) is 17.1. The molecule has 2 rings (SSSR count). The molecule has 1 aliphatic heterocycles. The summed E-state index contributed by atoms with van der Waals surface area (Å²) in [6.45, 7) is 1.62. The number of para-hydroxylation sites is 1. The number of carbonyl (C=O) groups excluding carboxylic acids is 2. The van der Waals surface area contributed by atoms with Gasteiger partial charge in [0.15, 0.2) is 0 Å². The summed E-state index contributed by atoms with van der Waals surface area (Å²) in [7, 11) is 3.00. The molecule has 0 bridgehead atoms. The maximum atomic E-state index is 12.3. The van der Waals surface area contributed by atoms with Crippen molar-refractivity contribution < 1.29 is 19.1 Å². The molecule has 0 aromatic heterocycles. The highest BCUT2D eigenvalue weighted by Gasteiger charge is 2.28. The third-order valence-corrected chi connectivity index (χ3v) is 4.11. The van der Waals surface area contributed by atoms with Crippen molar-refractivity contribution in [3.05, 3.63) is 29.8 Å². The Bertz CT molecular complexity index is 547. The summed E-state index contributed by atoms with van der Waals surface area (Å²) in [5.41, 5.74) is 1.06. The van der Waals surface area contributed by atoms with Crippen LogP contribution in [0.2, 0.25) is 0 Å². The molecule has 1 saturated heterocycles. The van der Waals surface area contributed by atoms with E-state index in [0.717, 1.165) is 24.2 Å². The van der Waals surface area contributed by atoms with Crippen LogP contribution >= 0.6 is 0 Å². The van der Waals surface area contributed by atoms with E-state index in [4.69, 9.17) is 9.47 Å². The molecule has 1 aromatic rings. The van der Waals surface area contributed by atoms with Crippen LogP contribution in [-0.4, -0.2) is 50.8 Å². The smallest absolute Gasteiger partial charge is 0.409 e. The summed E-state index contributed by atoms with van der Waals surface area (Å²) in [6, 6.07) is 7.77. The maximum absolute atomic E-state index is 12.3. The van der Waals surface area contributed by atoms with Crippen LogP contribution < -0.4 is 10.1 Å². The molecule has 23 heavy (non-hydrogen) atoms. The fourth-order valence-electron chi connectivity index (χ4n) is 2.86. The zero-order valence-electron chi connectivity index (χ0n) is 13.7. The number of methoxy groups -OCH3 is 2. The van der Waals surface area contributed by atoms with Gasteiger partial charge in [-0.1, -0.05) is 18.2 Å². The average Bonchev–Trinajstić information content (AvgIpc) is 2.61. The minimum atomic E-state index is -0.364. The molecule has 1 heterocycles. The number of nitrogens with one attached hydrogen (secondary N) is 1. The molecule has 0 radical (unpaired) electrons. The Balaban J connectivity index is 1.81. The normalized spacial score (nSPS) is 17.5. The molecule has 1 unspecified atom stereocenters. The van der Waals surface area contributed by atoms with Crippen LogP contribution in [0.25, 0.3) is 0 Å². The largest absolute Gasteiger partial charge is 0.496 e. The number of amides is 2. The minimum Gasteiger partial charge on any atom is -0.496 e. The van der Waals surface area contributed by atoms with Crippen LogP contribution in [-0.2, 0) is 16.0 Å². The lowest BCUT2D eigenvalue weighted by molar-refractivity contribution is -0.126. The van der Waals surface area contributed by atoms with Crippen LogP contribution in [0, 0.1) is 5.92 Å². The highest BCUT2D eigenvalue weighted by Crippen LogP contribution is 2.19. The second-order valence-electron chi connectivity index (χ2n) is 5.61. The number of nitrogens with zero attached hydrogens (tertiary/aromatic N) is 1. The Labute approximate surface area is 136 Å². The molecule has 1 fully saturated rings. The van der Waals surface area contributed by atoms with E-state index < -0.39 is 0 Å². The molecule has 6 nitrogen and oxygen atoms in total. The highest BCUT2D eigenvalue weighted by molar-refractivity contribution is 5.80. The number of piperidine rings is 1. The van der Waals surface area contributed by atoms with Crippen molar-refractivity contribution in [3.8, 4) is 5.75 Å². The summed E-state index contributed by atoms with van der Waals surface area (Å²) in [5, 5.41) is 2.96. The van der Waals surface area contributed by atoms with Gasteiger partial charge >= 0.3 is 6.09 Å². The highest BCUT2D eigenvalue weighted by atomic mass is 16.5. The third-order valence-electron chi connectivity index (χ3n) is 4.11. The number of benzene rings is 1. The summed E-state index contributed by atoms with van der Waals surface area (Å²) < 4.78 is 10.0. The molecule has 2 amide bonds. The summed E-state index contributed by atoms with van der Waals surface area (Å²) in [6.07, 6.45) is 1.97. The predicted molar refractivity (Wildman–Crippen MR) is 86.4 cm³/mol. The predicted octanol–water partition coefficient (Wildman–Crippen LogP) is 1.83. The van der Waals surface area contributed by atoms with Gasteiger partial charge in [0, 0.05) is 19.6 Å². The van der Waals surface area contributed by atoms with Gasteiger partial charge < -0.3 is 19.7 Å². The number of likely N-dealkylation sites (tertiary alicyclic amines) is 1. The maximum Gasteiger partial charge on any atom is 0.409 e. The van der Waals surface area contributed by atoms with Gasteiger partial charge in [-0.2, -0.15) is 0 Å². The first-order chi connectivity index (χ1) is 11.2. The summed E-state index contributed by atoms with van der Waals surface area (Å²) >= 11 is 0. The second kappa shape index (κ2) is 8.41. The van der Waals surface area contributed by atoms with Gasteiger partial charge in [0.25, 0.3) is 0 Å². The van der Waals surface area contributed by atoms with Gasteiger partial charge in [0.05, 0.1) is 20.1 Å². The lowest BCUT2D eigenvalue weighted by atomic mass is 9.97. The minimum absolute atomic E-state index is 0.00602. The van der Waals surface area contributed by atoms with Crippen molar-refractivity contribution >= 4 is 12.0 Å². The second-order valence-corrected chi connectivity index (χ2v) is 5.61. The van der Waals surface area contributed by atoms with Gasteiger partial charge in [0.1, 0.15) is 5.75 Å². The monoisotopic (exact) mass is 320 g/mol. The van der Waals surface area contributed by atoms with Crippen LogP contribution in [0.15, 0.2) is 24.3 Å². The number of ether oxygens (including phenoxy) is 2. The Kier molecular flexibility index (Phi) is 6.26. The van der Waals surface area contributed by atoms with Crippen LogP contribution in [0.4, 0.5) is 4.79 Å². The number of rotatable bonds is 5. The molecule has 0 saturated carbocycles. The van der Waals surface area contributed by atoms with Crippen LogP contribution in [0.5, 0.6) is 5.75 Å². The summed E-state index contributed by atoms with van der Waals surface area (Å²) in [4.78, 5) is 25.4. The quantitative estimate of drug-likeness (QED) is 0.899. The number of hydrogen-bond acceptors (Lipinski definition) is 4. The van der Waals surface area contributed by atoms with Gasteiger partial charge in [-0.05, 0) is 30.9 Å². The topological polar surface area (TPSA) is 67.9 Å².